The fraction of sp³-hybridized carbons (Fsp3) is 0.444. The summed E-state index contributed by atoms with van der Waals surface area (Å²) in [5, 5.41) is 9.03. The summed E-state index contributed by atoms with van der Waals surface area (Å²) >= 11 is 0. The molecule has 0 saturated carbocycles. The lowest BCUT2D eigenvalue weighted by atomic mass is 9.95. The van der Waals surface area contributed by atoms with E-state index >= 15 is 0 Å². The normalized spacial score (nSPS) is 22.5. The zero-order valence-electron chi connectivity index (χ0n) is 19.2. The maximum Gasteiger partial charge on any atom is 0.188 e. The molecule has 1 fully saturated rings. The molecule has 0 amide bonds. The van der Waals surface area contributed by atoms with E-state index in [0.29, 0.717) is 24.3 Å². The van der Waals surface area contributed by atoms with Crippen molar-refractivity contribution in [1.29, 1.82) is 0 Å². The summed E-state index contributed by atoms with van der Waals surface area (Å²) in [5.41, 5.74) is 5.95. The lowest BCUT2D eigenvalue weighted by Gasteiger charge is -2.45. The van der Waals surface area contributed by atoms with Crippen molar-refractivity contribution < 1.29 is 14.6 Å². The van der Waals surface area contributed by atoms with Crippen LogP contribution in [0.3, 0.4) is 0 Å². The number of hydrogen-bond donors (Lipinski definition) is 1. The van der Waals surface area contributed by atoms with E-state index in [4.69, 9.17) is 9.84 Å². The Hall–Kier alpha value is -2.31. The van der Waals surface area contributed by atoms with E-state index in [0.717, 1.165) is 39.2 Å². The molecule has 2 aromatic carbocycles. The largest absolute Gasteiger partial charge is 0.388 e. The molecule has 1 saturated heterocycles. The summed E-state index contributed by atoms with van der Waals surface area (Å²) < 4.78 is 5.51. The van der Waals surface area contributed by atoms with E-state index in [9.17, 15) is 4.79 Å². The predicted molar refractivity (Wildman–Crippen MR) is 127 cm³/mol. The number of ether oxygens (including phenoxy) is 1. The second kappa shape index (κ2) is 10.5. The van der Waals surface area contributed by atoms with Crippen molar-refractivity contribution in [2.45, 2.75) is 45.4 Å². The number of carbonyl (C=O) groups excluding carboxylic acids is 1. The molecule has 170 valence electrons. The third-order valence-electron chi connectivity index (χ3n) is 6.68. The first kappa shape index (κ1) is 22.9. The van der Waals surface area contributed by atoms with Gasteiger partial charge in [-0.2, -0.15) is 0 Å². The first-order valence-corrected chi connectivity index (χ1v) is 11.6. The Morgan fingerprint density at radius 2 is 1.75 bits per heavy atom. The molecule has 0 unspecified atom stereocenters. The molecule has 2 aliphatic heterocycles. The first-order chi connectivity index (χ1) is 15.5. The van der Waals surface area contributed by atoms with Gasteiger partial charge in [-0.25, -0.2) is 0 Å². The van der Waals surface area contributed by atoms with Crippen LogP contribution in [0.15, 0.2) is 54.6 Å². The number of aliphatic hydroxyl groups is 1. The van der Waals surface area contributed by atoms with Crippen molar-refractivity contribution >= 4 is 11.4 Å². The molecule has 0 aliphatic carbocycles. The molecule has 5 nitrogen and oxygen atoms in total. The average molecular weight is 435 g/mol. The van der Waals surface area contributed by atoms with Crippen molar-refractivity contribution in [3.63, 3.8) is 0 Å². The molecule has 32 heavy (non-hydrogen) atoms. The molecule has 2 atom stereocenters. The van der Waals surface area contributed by atoms with Crippen molar-refractivity contribution in [1.82, 2.24) is 9.80 Å². The number of nitrogens with zero attached hydrogens (tertiary/aromatic N) is 2. The molecule has 2 heterocycles. The molecular weight excluding hydrogens is 400 g/mol. The van der Waals surface area contributed by atoms with E-state index in [1.54, 1.807) is 0 Å². The highest BCUT2D eigenvalue weighted by atomic mass is 16.5. The molecule has 2 aliphatic rings. The lowest BCUT2D eigenvalue weighted by Crippen LogP contribution is -2.55. The zero-order valence-corrected chi connectivity index (χ0v) is 19.2. The number of benzene rings is 2. The Kier molecular flexibility index (Phi) is 7.53. The summed E-state index contributed by atoms with van der Waals surface area (Å²) in [6.45, 7) is 9.59. The predicted octanol–water partition coefficient (Wildman–Crippen LogP) is 3.76. The van der Waals surface area contributed by atoms with Gasteiger partial charge in [0.25, 0.3) is 0 Å². The topological polar surface area (TPSA) is 53.0 Å². The Labute approximate surface area is 191 Å². The number of ketones is 1. The number of Topliss-reactive ketones (excluding diaryl/α,β-unsaturated/α-hetero) is 1. The second-order valence-electron chi connectivity index (χ2n) is 9.05. The standard InChI is InChI=1S/C27H34N2O3/c1-20-15-28(17-22-7-9-24(10-8-22)27(31)19-30)16-21(2)29(20)18-25-5-3-4-6-26(25)23-11-13-32-14-12-23/h3-11,20-21,30H,12-19H2,1-2H3/t20-,21+. The third-order valence-corrected chi connectivity index (χ3v) is 6.68. The van der Waals surface area contributed by atoms with Gasteiger partial charge in [-0.05, 0) is 42.5 Å². The third kappa shape index (κ3) is 5.36. The van der Waals surface area contributed by atoms with E-state index < -0.39 is 6.61 Å². The summed E-state index contributed by atoms with van der Waals surface area (Å²) in [7, 11) is 0. The van der Waals surface area contributed by atoms with Crippen molar-refractivity contribution in [2.24, 2.45) is 0 Å². The van der Waals surface area contributed by atoms with Crippen molar-refractivity contribution in [2.75, 3.05) is 32.9 Å². The highest BCUT2D eigenvalue weighted by molar-refractivity contribution is 5.96. The van der Waals surface area contributed by atoms with Crippen LogP contribution in [-0.2, 0) is 17.8 Å². The second-order valence-corrected chi connectivity index (χ2v) is 9.05. The molecule has 0 radical (unpaired) electrons. The van der Waals surface area contributed by atoms with Gasteiger partial charge in [0.05, 0.1) is 13.2 Å². The number of piperazine rings is 1. The number of aliphatic hydroxyl groups excluding tert-OH is 1. The fourth-order valence-electron chi connectivity index (χ4n) is 4.99. The summed E-state index contributed by atoms with van der Waals surface area (Å²) in [4.78, 5) is 16.8. The minimum absolute atomic E-state index is 0.232. The van der Waals surface area contributed by atoms with Gasteiger partial charge in [0, 0.05) is 43.8 Å². The summed E-state index contributed by atoms with van der Waals surface area (Å²) in [6, 6.07) is 17.4. The molecule has 1 N–H and O–H groups in total. The molecule has 0 spiro atoms. The molecule has 2 aromatic rings. The van der Waals surface area contributed by atoms with Crippen molar-refractivity contribution in [3.8, 4) is 0 Å². The highest BCUT2D eigenvalue weighted by Gasteiger charge is 2.30. The van der Waals surface area contributed by atoms with E-state index in [1.165, 1.54) is 22.3 Å². The highest BCUT2D eigenvalue weighted by Crippen LogP contribution is 2.28. The van der Waals surface area contributed by atoms with Gasteiger partial charge in [-0.15, -0.1) is 0 Å². The van der Waals surface area contributed by atoms with E-state index in [-0.39, 0.29) is 5.78 Å². The van der Waals surface area contributed by atoms with Crippen LogP contribution in [0.4, 0.5) is 0 Å². The molecule has 5 heteroatoms. The monoisotopic (exact) mass is 434 g/mol. The number of carbonyl (C=O) groups is 1. The van der Waals surface area contributed by atoms with Gasteiger partial charge in [0.1, 0.15) is 6.61 Å². The Balaban J connectivity index is 1.41. The van der Waals surface area contributed by atoms with Gasteiger partial charge >= 0.3 is 0 Å². The maximum absolute atomic E-state index is 11.6. The lowest BCUT2D eigenvalue weighted by molar-refractivity contribution is 0.0289. The molecule has 4 rings (SSSR count). The average Bonchev–Trinajstić information content (AvgIpc) is 2.82. The van der Waals surface area contributed by atoms with Crippen LogP contribution >= 0.6 is 0 Å². The van der Waals surface area contributed by atoms with Crippen LogP contribution in [-0.4, -0.2) is 65.7 Å². The Morgan fingerprint density at radius 3 is 2.41 bits per heavy atom. The van der Waals surface area contributed by atoms with E-state index in [1.807, 2.05) is 24.3 Å². The van der Waals surface area contributed by atoms with Crippen LogP contribution in [0.2, 0.25) is 0 Å². The number of rotatable bonds is 7. The van der Waals surface area contributed by atoms with Crippen LogP contribution < -0.4 is 0 Å². The summed E-state index contributed by atoms with van der Waals surface area (Å²) in [5.74, 6) is -0.232. The molecule has 0 aromatic heterocycles. The van der Waals surface area contributed by atoms with Crippen LogP contribution in [0.25, 0.3) is 5.57 Å². The first-order valence-electron chi connectivity index (χ1n) is 11.6. The fourth-order valence-corrected chi connectivity index (χ4v) is 4.99. The van der Waals surface area contributed by atoms with Crippen molar-refractivity contribution in [3.05, 3.63) is 76.9 Å². The van der Waals surface area contributed by atoms with Gasteiger partial charge < -0.3 is 9.84 Å². The zero-order chi connectivity index (χ0) is 22.5. The molecule has 0 bridgehead atoms. The van der Waals surface area contributed by atoms with Crippen LogP contribution in [0.1, 0.15) is 47.3 Å². The van der Waals surface area contributed by atoms with Crippen LogP contribution in [0.5, 0.6) is 0 Å². The van der Waals surface area contributed by atoms with Gasteiger partial charge in [0.2, 0.25) is 0 Å². The minimum atomic E-state index is -0.440. The van der Waals surface area contributed by atoms with Gasteiger partial charge in [0.15, 0.2) is 5.78 Å². The Morgan fingerprint density at radius 1 is 1.03 bits per heavy atom. The summed E-state index contributed by atoms with van der Waals surface area (Å²) in [6.07, 6.45) is 3.21. The SMILES string of the molecule is C[C@@H]1CN(Cc2ccc(C(=O)CO)cc2)C[C@H](C)N1Cc1ccccc1C1=CCOCC1. The minimum Gasteiger partial charge on any atom is -0.388 e. The smallest absolute Gasteiger partial charge is 0.188 e. The molecular formula is C27H34N2O3. The maximum atomic E-state index is 11.6. The number of hydrogen-bond acceptors (Lipinski definition) is 5. The van der Waals surface area contributed by atoms with Gasteiger partial charge in [-0.3, -0.25) is 14.6 Å². The quantitative estimate of drug-likeness (QED) is 0.673. The Bertz CT molecular complexity index is 942. The van der Waals surface area contributed by atoms with Gasteiger partial charge in [-0.1, -0.05) is 54.6 Å². The van der Waals surface area contributed by atoms with Crippen LogP contribution in [0, 0.1) is 0 Å². The van der Waals surface area contributed by atoms with E-state index in [2.05, 4.69) is 54.0 Å².